The molecule has 0 bridgehead atoms. The summed E-state index contributed by atoms with van der Waals surface area (Å²) in [5.41, 5.74) is 3.96. The molecule has 1 aromatic carbocycles. The molecule has 1 amide bonds. The van der Waals surface area contributed by atoms with Gasteiger partial charge in [-0.25, -0.2) is 4.98 Å². The Morgan fingerprint density at radius 3 is 2.59 bits per heavy atom. The van der Waals surface area contributed by atoms with E-state index in [2.05, 4.69) is 25.6 Å². The van der Waals surface area contributed by atoms with E-state index in [1.807, 2.05) is 41.8 Å². The van der Waals surface area contributed by atoms with Crippen molar-refractivity contribution in [1.29, 1.82) is 0 Å². The second kappa shape index (κ2) is 7.76. The Morgan fingerprint density at radius 2 is 1.78 bits per heavy atom. The van der Waals surface area contributed by atoms with Crippen LogP contribution in [-0.4, -0.2) is 20.9 Å². The molecule has 7 heteroatoms. The largest absolute Gasteiger partial charge is 0.331 e. The maximum Gasteiger partial charge on any atom is 0.257 e. The van der Waals surface area contributed by atoms with Crippen LogP contribution in [0.1, 0.15) is 10.4 Å². The number of nitrogens with zero attached hydrogens (tertiary/aromatic N) is 3. The molecule has 0 saturated heterocycles. The molecule has 0 aliphatic rings. The van der Waals surface area contributed by atoms with Crippen molar-refractivity contribution >= 4 is 33.8 Å². The summed E-state index contributed by atoms with van der Waals surface area (Å²) in [4.78, 5) is 24.8. The fraction of sp³-hybridized carbons (Fsp3) is 0. The Labute approximate surface area is 160 Å². The van der Waals surface area contributed by atoms with Crippen molar-refractivity contribution in [3.8, 4) is 11.3 Å². The molecule has 0 aliphatic heterocycles. The van der Waals surface area contributed by atoms with E-state index in [9.17, 15) is 4.79 Å². The Bertz CT molecular complexity index is 1050. The average Bonchev–Trinajstić information content (AvgIpc) is 3.18. The number of anilines is 3. The number of benzene rings is 1. The van der Waals surface area contributed by atoms with Gasteiger partial charge in [0.1, 0.15) is 0 Å². The number of hydrogen-bond donors (Lipinski definition) is 2. The Balaban J connectivity index is 1.47. The molecule has 6 nitrogen and oxygen atoms in total. The zero-order valence-electron chi connectivity index (χ0n) is 14.2. The fourth-order valence-corrected chi connectivity index (χ4v) is 3.22. The lowest BCUT2D eigenvalue weighted by Crippen LogP contribution is -2.12. The zero-order valence-corrected chi connectivity index (χ0v) is 15.0. The molecule has 3 aromatic heterocycles. The van der Waals surface area contributed by atoms with Crippen LogP contribution < -0.4 is 10.6 Å². The van der Waals surface area contributed by atoms with Crippen molar-refractivity contribution in [2.24, 2.45) is 0 Å². The van der Waals surface area contributed by atoms with Crippen molar-refractivity contribution in [3.63, 3.8) is 0 Å². The third kappa shape index (κ3) is 4.16. The quantitative estimate of drug-likeness (QED) is 0.535. The first-order valence-corrected chi connectivity index (χ1v) is 9.10. The summed E-state index contributed by atoms with van der Waals surface area (Å²) in [5.74, 6) is -0.200. The van der Waals surface area contributed by atoms with Gasteiger partial charge in [0.05, 0.1) is 11.3 Å². The maximum absolute atomic E-state index is 12.3. The van der Waals surface area contributed by atoms with Crippen molar-refractivity contribution in [2.75, 3.05) is 10.6 Å². The smallest absolute Gasteiger partial charge is 0.257 e. The summed E-state index contributed by atoms with van der Waals surface area (Å²) in [6, 6.07) is 14.8. The predicted octanol–water partition coefficient (Wildman–Crippen LogP) is 4.60. The van der Waals surface area contributed by atoms with Crippen LogP contribution in [0.2, 0.25) is 0 Å². The van der Waals surface area contributed by atoms with Crippen molar-refractivity contribution in [1.82, 2.24) is 15.0 Å². The van der Waals surface area contributed by atoms with Crippen molar-refractivity contribution < 1.29 is 4.79 Å². The van der Waals surface area contributed by atoms with E-state index in [4.69, 9.17) is 0 Å². The van der Waals surface area contributed by atoms with Gasteiger partial charge < -0.3 is 10.6 Å². The van der Waals surface area contributed by atoms with Gasteiger partial charge in [-0.1, -0.05) is 6.07 Å². The molecule has 4 rings (SSSR count). The maximum atomic E-state index is 12.3. The number of nitrogens with one attached hydrogen (secondary N) is 2. The molecule has 0 unspecified atom stereocenters. The lowest BCUT2D eigenvalue weighted by Gasteiger charge is -2.08. The summed E-state index contributed by atoms with van der Waals surface area (Å²) in [6.45, 7) is 0. The molecule has 0 spiro atoms. The molecule has 4 aromatic rings. The number of carbonyl (C=O) groups is 1. The SMILES string of the molecule is O=C(Nc1cccc(Nc2nc(-c3ccncc3)cs2)c1)c1cccnc1. The number of thiazole rings is 1. The van der Waals surface area contributed by atoms with Crippen LogP contribution in [0.15, 0.2) is 78.7 Å². The van der Waals surface area contributed by atoms with Crippen molar-refractivity contribution in [3.05, 3.63) is 84.3 Å². The van der Waals surface area contributed by atoms with E-state index in [0.29, 0.717) is 11.3 Å². The highest BCUT2D eigenvalue weighted by Crippen LogP contribution is 2.27. The van der Waals surface area contributed by atoms with Gasteiger partial charge in [0, 0.05) is 47.1 Å². The van der Waals surface area contributed by atoms with Crippen LogP contribution in [0.5, 0.6) is 0 Å². The van der Waals surface area contributed by atoms with Gasteiger partial charge in [0.25, 0.3) is 5.91 Å². The molecule has 3 heterocycles. The van der Waals surface area contributed by atoms with Gasteiger partial charge in [-0.15, -0.1) is 11.3 Å². The van der Waals surface area contributed by atoms with Gasteiger partial charge in [0.15, 0.2) is 5.13 Å². The molecular weight excluding hydrogens is 358 g/mol. The highest BCUT2D eigenvalue weighted by atomic mass is 32.1. The summed E-state index contributed by atoms with van der Waals surface area (Å²) in [6.07, 6.45) is 6.66. The van der Waals surface area contributed by atoms with Gasteiger partial charge in [-0.2, -0.15) is 0 Å². The van der Waals surface area contributed by atoms with Gasteiger partial charge in [-0.05, 0) is 42.5 Å². The van der Waals surface area contributed by atoms with Crippen LogP contribution >= 0.6 is 11.3 Å². The normalized spacial score (nSPS) is 10.4. The molecule has 27 heavy (non-hydrogen) atoms. The van der Waals surface area contributed by atoms with Gasteiger partial charge in [0.2, 0.25) is 0 Å². The van der Waals surface area contributed by atoms with E-state index in [1.165, 1.54) is 17.5 Å². The summed E-state index contributed by atoms with van der Waals surface area (Å²) in [5, 5.41) is 8.92. The second-order valence-electron chi connectivity index (χ2n) is 5.68. The predicted molar refractivity (Wildman–Crippen MR) is 107 cm³/mol. The summed E-state index contributed by atoms with van der Waals surface area (Å²) < 4.78 is 0. The highest BCUT2D eigenvalue weighted by Gasteiger charge is 2.08. The number of pyridine rings is 2. The minimum Gasteiger partial charge on any atom is -0.331 e. The molecule has 2 N–H and O–H groups in total. The molecule has 0 fully saturated rings. The van der Waals surface area contributed by atoms with E-state index >= 15 is 0 Å². The number of carbonyl (C=O) groups excluding carboxylic acids is 1. The van der Waals surface area contributed by atoms with Gasteiger partial charge in [-0.3, -0.25) is 14.8 Å². The highest BCUT2D eigenvalue weighted by molar-refractivity contribution is 7.14. The molecule has 0 radical (unpaired) electrons. The van der Waals surface area contributed by atoms with Crippen LogP contribution in [0.3, 0.4) is 0 Å². The lowest BCUT2D eigenvalue weighted by molar-refractivity contribution is 0.102. The standard InChI is InChI=1S/C20H15N5OS/c26-19(15-3-2-8-22-12-15)23-16-4-1-5-17(11-16)24-20-25-18(13-27-20)14-6-9-21-10-7-14/h1-13H,(H,23,26)(H,24,25). The third-order valence-corrected chi connectivity index (χ3v) is 4.53. The van der Waals surface area contributed by atoms with Crippen LogP contribution in [0, 0.1) is 0 Å². The van der Waals surface area contributed by atoms with E-state index in [0.717, 1.165) is 22.1 Å². The topological polar surface area (TPSA) is 79.8 Å². The molecule has 0 atom stereocenters. The molecule has 0 aliphatic carbocycles. The van der Waals surface area contributed by atoms with E-state index < -0.39 is 0 Å². The molecule has 132 valence electrons. The lowest BCUT2D eigenvalue weighted by atomic mass is 10.2. The Kier molecular flexibility index (Phi) is 4.84. The summed E-state index contributed by atoms with van der Waals surface area (Å²) >= 11 is 1.52. The number of rotatable bonds is 5. The number of hydrogen-bond acceptors (Lipinski definition) is 6. The molecule has 0 saturated carbocycles. The van der Waals surface area contributed by atoms with Crippen LogP contribution in [0.4, 0.5) is 16.5 Å². The van der Waals surface area contributed by atoms with E-state index in [1.54, 1.807) is 30.7 Å². The van der Waals surface area contributed by atoms with Crippen LogP contribution in [-0.2, 0) is 0 Å². The first-order chi connectivity index (χ1) is 13.3. The minimum absolute atomic E-state index is 0.200. The monoisotopic (exact) mass is 373 g/mol. The second-order valence-corrected chi connectivity index (χ2v) is 6.53. The first-order valence-electron chi connectivity index (χ1n) is 8.22. The number of amides is 1. The van der Waals surface area contributed by atoms with E-state index in [-0.39, 0.29) is 5.91 Å². The first kappa shape index (κ1) is 16.9. The fourth-order valence-electron chi connectivity index (χ4n) is 2.48. The Hall–Kier alpha value is -3.58. The third-order valence-electron chi connectivity index (χ3n) is 3.78. The van der Waals surface area contributed by atoms with Crippen LogP contribution in [0.25, 0.3) is 11.3 Å². The van der Waals surface area contributed by atoms with Gasteiger partial charge >= 0.3 is 0 Å². The summed E-state index contributed by atoms with van der Waals surface area (Å²) in [7, 11) is 0. The average molecular weight is 373 g/mol. The Morgan fingerprint density at radius 1 is 0.926 bits per heavy atom. The minimum atomic E-state index is -0.200. The zero-order chi connectivity index (χ0) is 18.5. The molecular formula is C20H15N5OS. The van der Waals surface area contributed by atoms with Crippen molar-refractivity contribution in [2.45, 2.75) is 0 Å². The number of aromatic nitrogens is 3.